The van der Waals surface area contributed by atoms with Gasteiger partial charge in [0.2, 0.25) is 0 Å². The predicted octanol–water partition coefficient (Wildman–Crippen LogP) is 3.16. The first-order valence-corrected chi connectivity index (χ1v) is 5.82. The van der Waals surface area contributed by atoms with Gasteiger partial charge in [-0.3, -0.25) is 0 Å². The Morgan fingerprint density at radius 2 is 2.23 bits per heavy atom. The van der Waals surface area contributed by atoms with Crippen LogP contribution in [-0.4, -0.2) is 13.1 Å². The van der Waals surface area contributed by atoms with Crippen molar-refractivity contribution in [3.63, 3.8) is 0 Å². The van der Waals surface area contributed by atoms with Crippen molar-refractivity contribution in [2.75, 3.05) is 13.1 Å². The van der Waals surface area contributed by atoms with Crippen molar-refractivity contribution in [1.29, 1.82) is 0 Å². The topological polar surface area (TPSA) is 12.0 Å². The SMILES string of the molecule is CCNCCC(C)c1ccc(C)s1. The van der Waals surface area contributed by atoms with E-state index in [4.69, 9.17) is 0 Å². The molecule has 0 fully saturated rings. The van der Waals surface area contributed by atoms with Gasteiger partial charge in [-0.2, -0.15) is 0 Å². The summed E-state index contributed by atoms with van der Waals surface area (Å²) in [7, 11) is 0. The lowest BCUT2D eigenvalue weighted by atomic mass is 10.1. The monoisotopic (exact) mass is 197 g/mol. The summed E-state index contributed by atoms with van der Waals surface area (Å²) >= 11 is 1.93. The maximum atomic E-state index is 3.36. The van der Waals surface area contributed by atoms with Crippen LogP contribution in [0.3, 0.4) is 0 Å². The summed E-state index contributed by atoms with van der Waals surface area (Å²) in [6.07, 6.45) is 1.24. The Morgan fingerprint density at radius 1 is 1.46 bits per heavy atom. The summed E-state index contributed by atoms with van der Waals surface area (Å²) in [6, 6.07) is 4.47. The second-order valence-electron chi connectivity index (χ2n) is 3.49. The molecule has 1 heterocycles. The largest absolute Gasteiger partial charge is 0.317 e. The molecule has 1 atom stereocenters. The molecular weight excluding hydrogens is 178 g/mol. The summed E-state index contributed by atoms with van der Waals surface area (Å²) in [6.45, 7) is 8.85. The normalized spacial score (nSPS) is 13.2. The Bertz CT molecular complexity index is 242. The quantitative estimate of drug-likeness (QED) is 0.715. The lowest BCUT2D eigenvalue weighted by Crippen LogP contribution is -2.15. The van der Waals surface area contributed by atoms with Crippen LogP contribution in [0.2, 0.25) is 0 Å². The van der Waals surface area contributed by atoms with Gasteiger partial charge in [0.25, 0.3) is 0 Å². The van der Waals surface area contributed by atoms with E-state index in [2.05, 4.69) is 38.2 Å². The summed E-state index contributed by atoms with van der Waals surface area (Å²) in [5, 5.41) is 3.36. The van der Waals surface area contributed by atoms with Gasteiger partial charge in [0.1, 0.15) is 0 Å². The van der Waals surface area contributed by atoms with Crippen LogP contribution in [0.15, 0.2) is 12.1 Å². The molecule has 0 aromatic carbocycles. The third-order valence-electron chi connectivity index (χ3n) is 2.25. The molecule has 0 aliphatic rings. The number of hydrogen-bond acceptors (Lipinski definition) is 2. The fourth-order valence-electron chi connectivity index (χ4n) is 1.36. The molecule has 2 heteroatoms. The molecule has 0 spiro atoms. The van der Waals surface area contributed by atoms with Gasteiger partial charge in [0.15, 0.2) is 0 Å². The average molecular weight is 197 g/mol. The van der Waals surface area contributed by atoms with E-state index in [0.29, 0.717) is 5.92 Å². The molecular formula is C11H19NS. The molecule has 74 valence electrons. The molecule has 0 aliphatic heterocycles. The van der Waals surface area contributed by atoms with Crippen LogP contribution in [0, 0.1) is 6.92 Å². The number of thiophene rings is 1. The molecule has 0 amide bonds. The Morgan fingerprint density at radius 3 is 2.77 bits per heavy atom. The standard InChI is InChI=1S/C11H19NS/c1-4-12-8-7-9(2)11-6-5-10(3)13-11/h5-6,9,12H,4,7-8H2,1-3H3. The van der Waals surface area contributed by atoms with E-state index in [-0.39, 0.29) is 0 Å². The van der Waals surface area contributed by atoms with E-state index in [9.17, 15) is 0 Å². The molecule has 13 heavy (non-hydrogen) atoms. The summed E-state index contributed by atoms with van der Waals surface area (Å²) < 4.78 is 0. The van der Waals surface area contributed by atoms with Crippen LogP contribution < -0.4 is 5.32 Å². The van der Waals surface area contributed by atoms with Gasteiger partial charge in [-0.05, 0) is 44.5 Å². The Balaban J connectivity index is 2.35. The fraction of sp³-hybridized carbons (Fsp3) is 0.636. The van der Waals surface area contributed by atoms with Crippen molar-refractivity contribution < 1.29 is 0 Å². The highest BCUT2D eigenvalue weighted by Gasteiger charge is 2.06. The first kappa shape index (κ1) is 10.7. The molecule has 0 radical (unpaired) electrons. The van der Waals surface area contributed by atoms with Crippen molar-refractivity contribution in [3.05, 3.63) is 21.9 Å². The number of nitrogens with one attached hydrogen (secondary N) is 1. The van der Waals surface area contributed by atoms with Gasteiger partial charge < -0.3 is 5.32 Å². The highest BCUT2D eigenvalue weighted by atomic mass is 32.1. The minimum absolute atomic E-state index is 0.706. The third-order valence-corrected chi connectivity index (χ3v) is 3.48. The van der Waals surface area contributed by atoms with E-state index < -0.39 is 0 Å². The molecule has 1 nitrogen and oxygen atoms in total. The minimum Gasteiger partial charge on any atom is -0.317 e. The average Bonchev–Trinajstić information content (AvgIpc) is 2.52. The minimum atomic E-state index is 0.706. The van der Waals surface area contributed by atoms with Gasteiger partial charge in [-0.1, -0.05) is 13.8 Å². The van der Waals surface area contributed by atoms with Crippen molar-refractivity contribution in [2.24, 2.45) is 0 Å². The van der Waals surface area contributed by atoms with E-state index in [1.807, 2.05) is 11.3 Å². The predicted molar refractivity (Wildman–Crippen MR) is 60.6 cm³/mol. The molecule has 1 unspecified atom stereocenters. The highest BCUT2D eigenvalue weighted by Crippen LogP contribution is 2.25. The van der Waals surface area contributed by atoms with Crippen LogP contribution in [0.4, 0.5) is 0 Å². The molecule has 1 N–H and O–H groups in total. The van der Waals surface area contributed by atoms with Crippen molar-refractivity contribution in [2.45, 2.75) is 33.1 Å². The van der Waals surface area contributed by atoms with Gasteiger partial charge in [0.05, 0.1) is 0 Å². The summed E-state index contributed by atoms with van der Waals surface area (Å²) in [5.41, 5.74) is 0. The molecule has 0 saturated heterocycles. The van der Waals surface area contributed by atoms with E-state index in [0.717, 1.165) is 13.1 Å². The lowest BCUT2D eigenvalue weighted by molar-refractivity contribution is 0.614. The Hall–Kier alpha value is -0.340. The van der Waals surface area contributed by atoms with Gasteiger partial charge >= 0.3 is 0 Å². The number of aryl methyl sites for hydroxylation is 1. The molecule has 1 aromatic heterocycles. The van der Waals surface area contributed by atoms with Crippen LogP contribution in [0.5, 0.6) is 0 Å². The van der Waals surface area contributed by atoms with E-state index >= 15 is 0 Å². The first-order valence-electron chi connectivity index (χ1n) is 5.01. The smallest absolute Gasteiger partial charge is 0.00767 e. The molecule has 0 bridgehead atoms. The van der Waals surface area contributed by atoms with Crippen molar-refractivity contribution in [3.8, 4) is 0 Å². The van der Waals surface area contributed by atoms with Crippen LogP contribution in [-0.2, 0) is 0 Å². The van der Waals surface area contributed by atoms with Gasteiger partial charge in [0, 0.05) is 9.75 Å². The zero-order valence-electron chi connectivity index (χ0n) is 8.76. The molecule has 1 rings (SSSR count). The summed E-state index contributed by atoms with van der Waals surface area (Å²) in [5.74, 6) is 0.706. The second kappa shape index (κ2) is 5.40. The zero-order valence-corrected chi connectivity index (χ0v) is 9.58. The fourth-order valence-corrected chi connectivity index (χ4v) is 2.32. The third kappa shape index (κ3) is 3.49. The van der Waals surface area contributed by atoms with Crippen molar-refractivity contribution >= 4 is 11.3 Å². The Kier molecular flexibility index (Phi) is 4.46. The lowest BCUT2D eigenvalue weighted by Gasteiger charge is -2.08. The van der Waals surface area contributed by atoms with E-state index in [1.165, 1.54) is 16.2 Å². The zero-order chi connectivity index (χ0) is 9.68. The number of hydrogen-bond donors (Lipinski definition) is 1. The number of rotatable bonds is 5. The van der Waals surface area contributed by atoms with Gasteiger partial charge in [-0.15, -0.1) is 11.3 Å². The van der Waals surface area contributed by atoms with Gasteiger partial charge in [-0.25, -0.2) is 0 Å². The Labute approximate surface area is 85.2 Å². The molecule has 0 saturated carbocycles. The maximum absolute atomic E-state index is 3.36. The molecule has 1 aromatic rings. The first-order chi connectivity index (χ1) is 6.24. The highest BCUT2D eigenvalue weighted by molar-refractivity contribution is 7.12. The second-order valence-corrected chi connectivity index (χ2v) is 4.81. The van der Waals surface area contributed by atoms with Crippen LogP contribution in [0.1, 0.15) is 35.9 Å². The van der Waals surface area contributed by atoms with E-state index in [1.54, 1.807) is 0 Å². The van der Waals surface area contributed by atoms with Crippen LogP contribution >= 0.6 is 11.3 Å². The maximum Gasteiger partial charge on any atom is 0.00767 e. The summed E-state index contributed by atoms with van der Waals surface area (Å²) in [4.78, 5) is 2.95. The molecule has 0 aliphatic carbocycles. The van der Waals surface area contributed by atoms with Crippen LogP contribution in [0.25, 0.3) is 0 Å². The van der Waals surface area contributed by atoms with Crippen molar-refractivity contribution in [1.82, 2.24) is 5.32 Å².